The van der Waals surface area contributed by atoms with E-state index in [1.54, 1.807) is 47.0 Å². The minimum atomic E-state index is -3.41. The van der Waals surface area contributed by atoms with E-state index in [1.165, 1.54) is 10.4 Å². The van der Waals surface area contributed by atoms with E-state index < -0.39 is 15.6 Å². The average molecular weight is 950 g/mol. The molecule has 4 aromatic rings. The predicted molar refractivity (Wildman–Crippen MR) is 217 cm³/mol. The smallest absolute Gasteiger partial charge is 0.281 e. The van der Waals surface area contributed by atoms with Crippen LogP contribution in [-0.4, -0.2) is 91.2 Å². The number of hydrogen-bond donors (Lipinski definition) is 3. The summed E-state index contributed by atoms with van der Waals surface area (Å²) in [6, 6.07) is 21.3. The number of hydrogen-bond acceptors (Lipinski definition) is 7. The number of benzene rings is 2. The van der Waals surface area contributed by atoms with Crippen LogP contribution in [0.5, 0.6) is 0 Å². The van der Waals surface area contributed by atoms with Crippen molar-refractivity contribution in [1.82, 2.24) is 34.5 Å². The molecule has 3 aliphatic heterocycles. The molecule has 0 bridgehead atoms. The van der Waals surface area contributed by atoms with Crippen LogP contribution in [0.3, 0.4) is 0 Å². The van der Waals surface area contributed by atoms with Gasteiger partial charge in [-0.3, -0.25) is 19.6 Å². The molecule has 0 atom stereocenters. The summed E-state index contributed by atoms with van der Waals surface area (Å²) in [5.74, 6) is -0.488. The maximum Gasteiger partial charge on any atom is 0.281 e. The van der Waals surface area contributed by atoms with Crippen molar-refractivity contribution in [1.29, 1.82) is 0 Å². The van der Waals surface area contributed by atoms with Crippen LogP contribution in [0.15, 0.2) is 85.2 Å². The largest absolute Gasteiger partial charge is 0.351 e. The minimum Gasteiger partial charge on any atom is -0.351 e. The van der Waals surface area contributed by atoms with Crippen molar-refractivity contribution in [3.8, 4) is 0 Å². The number of rotatable bonds is 10. The number of carbonyl (C=O) groups excluding carboxylic acids is 2. The van der Waals surface area contributed by atoms with Gasteiger partial charge in [0, 0.05) is 121 Å². The van der Waals surface area contributed by atoms with Gasteiger partial charge in [-0.15, -0.1) is 0 Å². The number of amides is 2. The Kier molecular flexibility index (Phi) is 17.8. The molecular weight excluding hydrogens is 906 g/mol. The molecule has 11 nitrogen and oxygen atoms in total. The molecule has 7 rings (SSSR count). The zero-order valence-corrected chi connectivity index (χ0v) is 37.6. The fourth-order valence-electron chi connectivity index (χ4n) is 7.17. The molecule has 3 aliphatic rings. The monoisotopic (exact) mass is 947 g/mol. The predicted octanol–water partition coefficient (Wildman–Crippen LogP) is 6.54. The third-order valence-corrected chi connectivity index (χ3v) is 13.8. The number of aromatic nitrogens is 2. The van der Waals surface area contributed by atoms with Gasteiger partial charge in [-0.2, -0.15) is 17.0 Å². The van der Waals surface area contributed by atoms with Gasteiger partial charge >= 0.3 is 0 Å². The Labute approximate surface area is 378 Å². The number of pyridine rings is 2. The van der Waals surface area contributed by atoms with Gasteiger partial charge in [-0.25, -0.2) is 0 Å². The van der Waals surface area contributed by atoms with Crippen molar-refractivity contribution < 1.29 is 55.1 Å². The normalized spacial score (nSPS) is 17.6. The first-order chi connectivity index (χ1) is 26.4. The van der Waals surface area contributed by atoms with Gasteiger partial charge in [0.05, 0.1) is 21.2 Å². The first-order valence-corrected chi connectivity index (χ1v) is 21.1. The molecule has 5 heterocycles. The number of carbonyl (C=O) groups is 2. The Morgan fingerprint density at radius 2 is 1.09 bits per heavy atom. The average Bonchev–Trinajstić information content (AvgIpc) is 3.17. The van der Waals surface area contributed by atoms with E-state index in [0.29, 0.717) is 78.3 Å². The number of nitrogens with zero attached hydrogens (tertiary/aromatic N) is 4. The van der Waals surface area contributed by atoms with Crippen LogP contribution in [0, 0.1) is 0 Å². The van der Waals surface area contributed by atoms with E-state index in [9.17, 15) is 18.0 Å². The summed E-state index contributed by atoms with van der Waals surface area (Å²) in [6.45, 7) is 4.62. The standard InChI is InChI=1S/C21H24Cl2N4O3S.C18H19Cl2N3O.2V/c22-16-5-6-17(18(23)14-16)20(28)25-15-21(19-4-1-2-9-24-19)7-12-27(13-8-21)31(29,30)26-10-3-11-26;19-13-4-5-14(15(20)11-13)17(24)23-12-18(6-9-21-10-7-18)16-3-1-2-8-22-16;;/h1-2,4-6,9,14H,3,7-8,10-13,15H2,(H,25,28);1-5,8,11,21H,6-7,9-10,12H2,(H,23,24);;. The van der Waals surface area contributed by atoms with Crippen LogP contribution in [0.25, 0.3) is 0 Å². The van der Waals surface area contributed by atoms with Crippen LogP contribution in [0.4, 0.5) is 0 Å². The molecule has 3 fully saturated rings. The third-order valence-electron chi connectivity index (χ3n) is 10.7. The molecular formula is C39H43Cl4N7O4SV2. The summed E-state index contributed by atoms with van der Waals surface area (Å²) in [7, 11) is -3.41. The molecule has 0 spiro atoms. The fourth-order valence-corrected chi connectivity index (χ4v) is 9.85. The Morgan fingerprint density at radius 1 is 0.649 bits per heavy atom. The fraction of sp³-hybridized carbons (Fsp3) is 0.385. The molecule has 0 aliphatic carbocycles. The molecule has 2 radical (unpaired) electrons. The summed E-state index contributed by atoms with van der Waals surface area (Å²) >= 11 is 24.1. The minimum absolute atomic E-state index is 0. The molecule has 57 heavy (non-hydrogen) atoms. The molecule has 0 unspecified atom stereocenters. The van der Waals surface area contributed by atoms with Crippen molar-refractivity contribution >= 4 is 68.4 Å². The Hall–Kier alpha value is -2.16. The van der Waals surface area contributed by atoms with Gasteiger partial charge in [-0.1, -0.05) is 58.5 Å². The maximum atomic E-state index is 12.8. The van der Waals surface area contributed by atoms with Crippen LogP contribution in [0.1, 0.15) is 64.2 Å². The van der Waals surface area contributed by atoms with Crippen LogP contribution in [-0.2, 0) is 58.2 Å². The summed E-state index contributed by atoms with van der Waals surface area (Å²) in [6.07, 6.45) is 7.41. The second-order valence-electron chi connectivity index (χ2n) is 14.0. The molecule has 2 aromatic carbocycles. The van der Waals surface area contributed by atoms with E-state index in [0.717, 1.165) is 43.7 Å². The first-order valence-electron chi connectivity index (χ1n) is 18.2. The van der Waals surface area contributed by atoms with Crippen molar-refractivity contribution in [3.05, 3.63) is 128 Å². The molecule has 3 saturated heterocycles. The molecule has 302 valence electrons. The molecule has 18 heteroatoms. The summed E-state index contributed by atoms with van der Waals surface area (Å²) in [5, 5.41) is 11.0. The van der Waals surface area contributed by atoms with Crippen LogP contribution >= 0.6 is 46.4 Å². The van der Waals surface area contributed by atoms with Crippen molar-refractivity contribution in [3.63, 3.8) is 0 Å². The summed E-state index contributed by atoms with van der Waals surface area (Å²) < 4.78 is 28.6. The van der Waals surface area contributed by atoms with Crippen LogP contribution < -0.4 is 16.0 Å². The van der Waals surface area contributed by atoms with Crippen molar-refractivity contribution in [2.24, 2.45) is 0 Å². The zero-order chi connectivity index (χ0) is 39.1. The Balaban J connectivity index is 0.000000251. The Morgan fingerprint density at radius 3 is 1.47 bits per heavy atom. The zero-order valence-electron chi connectivity index (χ0n) is 31.0. The van der Waals surface area contributed by atoms with E-state index in [2.05, 4.69) is 25.9 Å². The molecule has 2 aromatic heterocycles. The second-order valence-corrected chi connectivity index (χ2v) is 17.6. The molecule has 0 saturated carbocycles. The quantitative estimate of drug-likeness (QED) is 0.165. The first kappa shape index (κ1) is 47.5. The van der Waals surface area contributed by atoms with E-state index >= 15 is 0 Å². The number of nitrogens with one attached hydrogen (secondary N) is 3. The molecule has 3 N–H and O–H groups in total. The topological polar surface area (TPSA) is 137 Å². The van der Waals surface area contributed by atoms with Gasteiger partial charge in [-0.05, 0) is 106 Å². The van der Waals surface area contributed by atoms with Gasteiger partial charge < -0.3 is 16.0 Å². The summed E-state index contributed by atoms with van der Waals surface area (Å²) in [5.41, 5.74) is 2.04. The van der Waals surface area contributed by atoms with Gasteiger partial charge in [0.15, 0.2) is 0 Å². The third kappa shape index (κ3) is 11.6. The SMILES string of the molecule is O=C(NCC1(c2ccccn2)CCN(S(=O)(=O)N2CCC2)CC1)c1ccc(Cl)cc1Cl.O=C(NCC1(c2ccccn2)CCNCC1)c1ccc(Cl)cc1Cl.[V].[V]. The van der Waals surface area contributed by atoms with Crippen LogP contribution in [0.2, 0.25) is 20.1 Å². The molecule has 2 amide bonds. The van der Waals surface area contributed by atoms with Gasteiger partial charge in [0.25, 0.3) is 22.0 Å². The summed E-state index contributed by atoms with van der Waals surface area (Å²) in [4.78, 5) is 34.4. The van der Waals surface area contributed by atoms with Gasteiger partial charge in [0.1, 0.15) is 0 Å². The van der Waals surface area contributed by atoms with E-state index in [1.807, 2.05) is 36.4 Å². The number of piperidine rings is 2. The number of halogens is 4. The van der Waals surface area contributed by atoms with Crippen molar-refractivity contribution in [2.75, 3.05) is 52.4 Å². The second kappa shape index (κ2) is 21.4. The van der Waals surface area contributed by atoms with E-state index in [-0.39, 0.29) is 59.4 Å². The van der Waals surface area contributed by atoms with Gasteiger partial charge in [0.2, 0.25) is 0 Å². The van der Waals surface area contributed by atoms with Crippen molar-refractivity contribution in [2.45, 2.75) is 42.9 Å². The Bertz CT molecular complexity index is 2070. The van der Waals surface area contributed by atoms with E-state index in [4.69, 9.17) is 46.4 Å². The maximum absolute atomic E-state index is 12.8.